The third-order valence-corrected chi connectivity index (χ3v) is 6.28. The van der Waals surface area contributed by atoms with E-state index in [2.05, 4.69) is 10.0 Å². The van der Waals surface area contributed by atoms with Crippen LogP contribution in [-0.4, -0.2) is 51.1 Å². The number of piperidine rings is 1. The molecular weight excluding hydrogens is 425 g/mol. The summed E-state index contributed by atoms with van der Waals surface area (Å²) in [5.41, 5.74) is 0.561. The highest BCUT2D eigenvalue weighted by molar-refractivity contribution is 7.92. The number of carbonyl (C=O) groups is 2. The molecule has 0 spiro atoms. The fourth-order valence-electron chi connectivity index (χ4n) is 3.21. The highest BCUT2D eigenvalue weighted by Gasteiger charge is 2.25. The van der Waals surface area contributed by atoms with E-state index in [0.717, 1.165) is 12.1 Å². The molecule has 0 atom stereocenters. The number of carbonyl (C=O) groups excluding carboxylic acids is 2. The molecule has 2 N–H and O–H groups in total. The maximum Gasteiger partial charge on any atom is 0.409 e. The molecule has 2 aromatic carbocycles. The van der Waals surface area contributed by atoms with Crippen LogP contribution in [0.25, 0.3) is 0 Å². The van der Waals surface area contributed by atoms with Crippen molar-refractivity contribution in [1.29, 1.82) is 0 Å². The minimum atomic E-state index is -3.87. The fourth-order valence-corrected chi connectivity index (χ4v) is 4.27. The van der Waals surface area contributed by atoms with E-state index in [0.29, 0.717) is 38.1 Å². The number of hydrogen-bond acceptors (Lipinski definition) is 5. The number of anilines is 1. The van der Waals surface area contributed by atoms with Gasteiger partial charge in [-0.2, -0.15) is 0 Å². The molecular formula is C21H24FN3O5S. The van der Waals surface area contributed by atoms with E-state index in [9.17, 15) is 22.4 Å². The normalized spacial score (nSPS) is 14.7. The average molecular weight is 450 g/mol. The predicted octanol–water partition coefficient (Wildman–Crippen LogP) is 2.98. The number of hydrogen-bond donors (Lipinski definition) is 2. The Hall–Kier alpha value is -3.14. The van der Waals surface area contributed by atoms with Gasteiger partial charge in [-0.15, -0.1) is 0 Å². The van der Waals surface area contributed by atoms with Gasteiger partial charge in [0.05, 0.1) is 11.5 Å². The van der Waals surface area contributed by atoms with E-state index in [-0.39, 0.29) is 28.6 Å². The average Bonchev–Trinajstić information content (AvgIpc) is 2.76. The number of likely N-dealkylation sites (tertiary alicyclic amines) is 1. The standard InChI is InChI=1S/C21H24FN3O5S/c1-2-30-21(27)25-13-11-17(12-14-25)23-20(26)15-3-9-19(10-4-15)31(28,29)24-18-7-5-16(22)6-8-18/h3-10,17,24H,2,11-14H2,1H3,(H,23,26). The molecule has 1 aliphatic heterocycles. The first-order valence-electron chi connectivity index (χ1n) is 9.89. The summed E-state index contributed by atoms with van der Waals surface area (Å²) in [5.74, 6) is -0.782. The highest BCUT2D eigenvalue weighted by atomic mass is 32.2. The van der Waals surface area contributed by atoms with Crippen molar-refractivity contribution < 1.29 is 27.1 Å². The lowest BCUT2D eigenvalue weighted by atomic mass is 10.0. The third-order valence-electron chi connectivity index (χ3n) is 4.88. The molecule has 1 heterocycles. The monoisotopic (exact) mass is 449 g/mol. The Morgan fingerprint density at radius 3 is 2.26 bits per heavy atom. The van der Waals surface area contributed by atoms with Crippen molar-refractivity contribution in [1.82, 2.24) is 10.2 Å². The van der Waals surface area contributed by atoms with Gasteiger partial charge in [0.15, 0.2) is 0 Å². The summed E-state index contributed by atoms with van der Waals surface area (Å²) in [4.78, 5) is 25.8. The first-order valence-corrected chi connectivity index (χ1v) is 11.4. The summed E-state index contributed by atoms with van der Waals surface area (Å²) in [5, 5.41) is 2.91. The third kappa shape index (κ3) is 5.94. The maximum absolute atomic E-state index is 13.0. The molecule has 1 aliphatic rings. The van der Waals surface area contributed by atoms with Crippen LogP contribution < -0.4 is 10.0 Å². The number of nitrogens with one attached hydrogen (secondary N) is 2. The molecule has 31 heavy (non-hydrogen) atoms. The largest absolute Gasteiger partial charge is 0.450 e. The van der Waals surface area contributed by atoms with Crippen LogP contribution in [0.4, 0.5) is 14.9 Å². The molecule has 8 nitrogen and oxygen atoms in total. The Morgan fingerprint density at radius 1 is 1.06 bits per heavy atom. The van der Waals surface area contributed by atoms with Crippen LogP contribution in [0.15, 0.2) is 53.4 Å². The molecule has 2 amide bonds. The van der Waals surface area contributed by atoms with Crippen molar-refractivity contribution in [2.24, 2.45) is 0 Å². The minimum Gasteiger partial charge on any atom is -0.450 e. The lowest BCUT2D eigenvalue weighted by Crippen LogP contribution is -2.46. The first-order chi connectivity index (χ1) is 14.8. The quantitative estimate of drug-likeness (QED) is 0.706. The van der Waals surface area contributed by atoms with Gasteiger partial charge < -0.3 is 15.0 Å². The summed E-state index contributed by atoms with van der Waals surface area (Å²) in [7, 11) is -3.87. The van der Waals surface area contributed by atoms with Gasteiger partial charge in [-0.1, -0.05) is 0 Å². The maximum atomic E-state index is 13.0. The summed E-state index contributed by atoms with van der Waals surface area (Å²) < 4.78 is 45.3. The lowest BCUT2D eigenvalue weighted by Gasteiger charge is -2.31. The van der Waals surface area contributed by atoms with Gasteiger partial charge in [0.25, 0.3) is 15.9 Å². The van der Waals surface area contributed by atoms with Crippen molar-refractivity contribution in [3.63, 3.8) is 0 Å². The number of sulfonamides is 1. The number of amides is 2. The zero-order valence-electron chi connectivity index (χ0n) is 17.0. The van der Waals surface area contributed by atoms with Crippen LogP contribution in [-0.2, 0) is 14.8 Å². The van der Waals surface area contributed by atoms with Crippen molar-refractivity contribution in [3.8, 4) is 0 Å². The Labute approximate surface area is 180 Å². The van der Waals surface area contributed by atoms with Gasteiger partial charge in [0.2, 0.25) is 0 Å². The molecule has 3 rings (SSSR count). The second kappa shape index (κ2) is 9.78. The summed E-state index contributed by atoms with van der Waals surface area (Å²) in [6.45, 7) is 3.06. The highest BCUT2D eigenvalue weighted by Crippen LogP contribution is 2.18. The Morgan fingerprint density at radius 2 is 1.68 bits per heavy atom. The molecule has 0 saturated carbocycles. The molecule has 1 saturated heterocycles. The number of halogens is 1. The lowest BCUT2D eigenvalue weighted by molar-refractivity contribution is 0.0860. The van der Waals surface area contributed by atoms with Crippen LogP contribution >= 0.6 is 0 Å². The zero-order valence-corrected chi connectivity index (χ0v) is 17.8. The van der Waals surface area contributed by atoms with E-state index in [1.54, 1.807) is 11.8 Å². The van der Waals surface area contributed by atoms with E-state index in [1.165, 1.54) is 36.4 Å². The molecule has 0 bridgehead atoms. The van der Waals surface area contributed by atoms with Gasteiger partial charge in [0.1, 0.15) is 5.82 Å². The van der Waals surface area contributed by atoms with Crippen LogP contribution in [0, 0.1) is 5.82 Å². The van der Waals surface area contributed by atoms with Crippen LogP contribution in [0.5, 0.6) is 0 Å². The van der Waals surface area contributed by atoms with E-state index in [4.69, 9.17) is 4.74 Å². The second-order valence-electron chi connectivity index (χ2n) is 7.07. The first kappa shape index (κ1) is 22.5. The number of rotatable bonds is 6. The van der Waals surface area contributed by atoms with E-state index >= 15 is 0 Å². The second-order valence-corrected chi connectivity index (χ2v) is 8.75. The van der Waals surface area contributed by atoms with Crippen LogP contribution in [0.2, 0.25) is 0 Å². The Balaban J connectivity index is 1.56. The smallest absolute Gasteiger partial charge is 0.409 e. The molecule has 166 valence electrons. The molecule has 0 aliphatic carbocycles. The molecule has 10 heteroatoms. The Bertz CT molecular complexity index is 1020. The molecule has 0 aromatic heterocycles. The van der Waals surface area contributed by atoms with E-state index < -0.39 is 15.8 Å². The molecule has 2 aromatic rings. The van der Waals surface area contributed by atoms with Crippen molar-refractivity contribution in [2.75, 3.05) is 24.4 Å². The van der Waals surface area contributed by atoms with Gasteiger partial charge in [0, 0.05) is 30.4 Å². The van der Waals surface area contributed by atoms with Crippen LogP contribution in [0.3, 0.4) is 0 Å². The summed E-state index contributed by atoms with van der Waals surface area (Å²) in [6.07, 6.45) is 0.871. The van der Waals surface area contributed by atoms with Crippen molar-refractivity contribution in [3.05, 3.63) is 59.9 Å². The number of ether oxygens (including phenoxy) is 1. The summed E-state index contributed by atoms with van der Waals surface area (Å²) in [6, 6.07) is 10.4. The fraction of sp³-hybridized carbons (Fsp3) is 0.333. The van der Waals surface area contributed by atoms with Crippen molar-refractivity contribution >= 4 is 27.7 Å². The van der Waals surface area contributed by atoms with Crippen molar-refractivity contribution in [2.45, 2.75) is 30.7 Å². The minimum absolute atomic E-state index is 0.0175. The number of benzene rings is 2. The van der Waals surface area contributed by atoms with Gasteiger partial charge in [-0.05, 0) is 68.3 Å². The SMILES string of the molecule is CCOC(=O)N1CCC(NC(=O)c2ccc(S(=O)(=O)Nc3ccc(F)cc3)cc2)CC1. The van der Waals surface area contributed by atoms with Gasteiger partial charge in [-0.25, -0.2) is 17.6 Å². The molecule has 1 fully saturated rings. The molecule has 0 unspecified atom stereocenters. The van der Waals surface area contributed by atoms with Crippen LogP contribution in [0.1, 0.15) is 30.1 Å². The van der Waals surface area contributed by atoms with Gasteiger partial charge >= 0.3 is 6.09 Å². The van der Waals surface area contributed by atoms with E-state index in [1.807, 2.05) is 0 Å². The predicted molar refractivity (Wildman–Crippen MR) is 113 cm³/mol. The Kier molecular flexibility index (Phi) is 7.11. The summed E-state index contributed by atoms with van der Waals surface area (Å²) >= 11 is 0. The zero-order chi connectivity index (χ0) is 22.4. The van der Waals surface area contributed by atoms with Gasteiger partial charge in [-0.3, -0.25) is 9.52 Å². The topological polar surface area (TPSA) is 105 Å². The number of nitrogens with zero attached hydrogens (tertiary/aromatic N) is 1. The molecule has 0 radical (unpaired) electrons.